The van der Waals surface area contributed by atoms with Crippen LogP contribution in [0.25, 0.3) is 22.9 Å². The molecule has 2 heterocycles. The largest absolute Gasteiger partial charge is 0.573 e. The van der Waals surface area contributed by atoms with E-state index in [1.54, 1.807) is 26.0 Å². The molecule has 71 heavy (non-hydrogen) atoms. The molecule has 8 N–H and O–H groups in total. The van der Waals surface area contributed by atoms with E-state index in [1.807, 2.05) is 0 Å². The molecule has 0 aliphatic rings. The van der Waals surface area contributed by atoms with Crippen LogP contribution in [0.2, 0.25) is 0 Å². The van der Waals surface area contributed by atoms with Crippen LogP contribution >= 0.6 is 95.6 Å². The van der Waals surface area contributed by atoms with Crippen molar-refractivity contribution in [2.45, 2.75) is 41.6 Å². The summed E-state index contributed by atoms with van der Waals surface area (Å²) in [5.41, 5.74) is 6.33. The summed E-state index contributed by atoms with van der Waals surface area (Å²) in [4.78, 5) is 52.4. The molecule has 0 unspecified atom stereocenters. The topological polar surface area (TPSA) is 325 Å². The van der Waals surface area contributed by atoms with Gasteiger partial charge in [-0.05, 0) is 169 Å². The Bertz CT molecular complexity index is 2760. The van der Waals surface area contributed by atoms with Crippen LogP contribution in [0.15, 0.2) is 102 Å². The fraction of sp³-hybridized carbons (Fsp3) is 0.195. The number of esters is 2. The van der Waals surface area contributed by atoms with Crippen LogP contribution in [0, 0.1) is 0 Å². The molecule has 30 heteroatoms. The van der Waals surface area contributed by atoms with Gasteiger partial charge in [-0.1, -0.05) is 37.3 Å². The van der Waals surface area contributed by atoms with Gasteiger partial charge in [0.2, 0.25) is 5.84 Å². The lowest BCUT2D eigenvalue weighted by Gasteiger charge is -2.10. The van der Waals surface area contributed by atoms with Crippen molar-refractivity contribution in [3.05, 3.63) is 110 Å². The summed E-state index contributed by atoms with van der Waals surface area (Å²) in [5, 5.41) is 57.1. The van der Waals surface area contributed by atoms with Crippen molar-refractivity contribution in [3.8, 4) is 45.9 Å². The lowest BCUT2D eigenvalue weighted by Crippen LogP contribution is -2.25. The second-order valence-electron chi connectivity index (χ2n) is 12.3. The Morgan fingerprint density at radius 2 is 1.15 bits per heavy atom. The van der Waals surface area contributed by atoms with Gasteiger partial charge in [0.15, 0.2) is 0 Å². The van der Waals surface area contributed by atoms with Crippen LogP contribution in [0.1, 0.15) is 65.9 Å². The molecule has 0 saturated heterocycles. The standard InChI is InChI=1S/C17H10Br2F3N3O4.C11H8Br2N2O4.C7H4Br2O3.C4H8N2O3.2CH4/c18-11-5-9(6-12(19)13(11)26)16-24-14(25-29-16)15(27)23-7-8-2-1-3-10(4-8)28-17(20,21)22;1-2-18-11(17)9-14-10(19-15-9)5-3-6(12)8(16)7(13)4-5;8-4-1-3(7(11)12)2-5(9)6(4)10;1-2-9-4(7)3(5)6-8;;/h1-6,26H,7H2,(H,23,27);3-4,16H,2H2,1H3;1-2,10H,(H,11,12);8H,2H2,1H3,(H2,5,6);2*1H4. The molecule has 4 aromatic carbocycles. The van der Waals surface area contributed by atoms with Crippen molar-refractivity contribution in [2.75, 3.05) is 13.2 Å². The van der Waals surface area contributed by atoms with Crippen LogP contribution in [0.5, 0.6) is 23.0 Å². The number of carbonyl (C=O) groups is 4. The van der Waals surface area contributed by atoms with Crippen LogP contribution in [0.4, 0.5) is 13.2 Å². The number of alkyl halides is 3. The highest BCUT2D eigenvalue weighted by molar-refractivity contribution is 9.12. The number of rotatable bonds is 10. The molecule has 0 fully saturated rings. The first kappa shape index (κ1) is 63.2. The SMILES string of the molecule is C.C.CCOC(=O)/C(N)=N/O.CCOC(=O)c1noc(-c2cc(Br)c(O)c(Br)c2)n1.O=C(NCc1cccc(OC(F)(F)F)c1)c1noc(-c2cc(Br)c(O)c(Br)c2)n1.O=C(O)c1cc(Br)c(O)c(Br)c1. The number of amides is 1. The van der Waals surface area contributed by atoms with Gasteiger partial charge in [-0.2, -0.15) is 9.97 Å². The molecule has 0 spiro atoms. The molecule has 0 atom stereocenters. The summed E-state index contributed by atoms with van der Waals surface area (Å²) < 4.78 is 62.2. The molecular formula is C41H38Br6F3N7O14. The summed E-state index contributed by atoms with van der Waals surface area (Å²) in [6.45, 7) is 3.69. The number of carboxylic acid groups (broad SMARTS) is 1. The first-order chi connectivity index (χ1) is 32.4. The quantitative estimate of drug-likeness (QED) is 0.0220. The van der Waals surface area contributed by atoms with Crippen molar-refractivity contribution < 1.29 is 81.2 Å². The number of hydrogen-bond donors (Lipinski definition) is 7. The van der Waals surface area contributed by atoms with E-state index in [9.17, 15) is 47.7 Å². The maximum absolute atomic E-state index is 12.3. The molecule has 0 bridgehead atoms. The Morgan fingerprint density at radius 3 is 1.58 bits per heavy atom. The number of oxime groups is 1. The highest BCUT2D eigenvalue weighted by Gasteiger charge is 2.31. The smallest absolute Gasteiger partial charge is 0.506 e. The van der Waals surface area contributed by atoms with E-state index in [0.29, 0.717) is 43.5 Å². The third-order valence-corrected chi connectivity index (χ3v) is 11.1. The van der Waals surface area contributed by atoms with Gasteiger partial charge >= 0.3 is 24.3 Å². The lowest BCUT2D eigenvalue weighted by atomic mass is 10.2. The average Bonchev–Trinajstić information content (AvgIpc) is 4.00. The highest BCUT2D eigenvalue weighted by atomic mass is 79.9. The number of amidine groups is 1. The maximum atomic E-state index is 12.3. The molecule has 0 saturated carbocycles. The number of nitrogens with zero attached hydrogens (tertiary/aromatic N) is 5. The predicted octanol–water partition coefficient (Wildman–Crippen LogP) is 11.1. The van der Waals surface area contributed by atoms with Gasteiger partial charge in [-0.3, -0.25) is 4.79 Å². The Hall–Kier alpha value is -5.82. The van der Waals surface area contributed by atoms with Gasteiger partial charge in [0.1, 0.15) is 23.0 Å². The number of aromatic carboxylic acids is 1. The molecule has 21 nitrogen and oxygen atoms in total. The van der Waals surface area contributed by atoms with E-state index >= 15 is 0 Å². The normalized spacial score (nSPS) is 10.5. The van der Waals surface area contributed by atoms with Crippen molar-refractivity contribution in [2.24, 2.45) is 10.9 Å². The molecular weight excluding hydrogens is 1350 g/mol. The number of hydrogen-bond acceptors (Lipinski definition) is 18. The maximum Gasteiger partial charge on any atom is 0.573 e. The van der Waals surface area contributed by atoms with E-state index in [4.69, 9.17) is 29.8 Å². The molecule has 1 amide bonds. The number of nitrogens with one attached hydrogen (secondary N) is 1. The zero-order chi connectivity index (χ0) is 51.7. The van der Waals surface area contributed by atoms with Crippen LogP contribution in [-0.4, -0.2) is 95.1 Å². The number of halogens is 9. The first-order valence-corrected chi connectivity index (χ1v) is 23.0. The van der Waals surface area contributed by atoms with E-state index < -0.39 is 41.8 Å². The van der Waals surface area contributed by atoms with Gasteiger partial charge < -0.3 is 59.9 Å². The molecule has 0 aliphatic carbocycles. The van der Waals surface area contributed by atoms with Crippen molar-refractivity contribution in [1.82, 2.24) is 25.6 Å². The molecule has 0 radical (unpaired) electrons. The average molecular weight is 1390 g/mol. The summed E-state index contributed by atoms with van der Waals surface area (Å²) in [7, 11) is 0. The van der Waals surface area contributed by atoms with E-state index in [0.717, 1.165) is 12.1 Å². The van der Waals surface area contributed by atoms with Crippen LogP contribution in [0.3, 0.4) is 0 Å². The molecule has 384 valence electrons. The number of phenols is 3. The summed E-state index contributed by atoms with van der Waals surface area (Å²) >= 11 is 18.8. The molecule has 6 rings (SSSR count). The monoisotopic (exact) mass is 1380 g/mol. The third kappa shape index (κ3) is 19.7. The number of phenolic OH excluding ortho intramolecular Hbond substituents is 3. The Kier molecular flexibility index (Phi) is 26.3. The first-order valence-electron chi connectivity index (χ1n) is 18.3. The number of nitrogens with two attached hydrogens (primary N) is 1. The molecule has 0 aliphatic heterocycles. The number of aromatic hydroxyl groups is 3. The van der Waals surface area contributed by atoms with E-state index in [1.165, 1.54) is 36.4 Å². The van der Waals surface area contributed by atoms with Gasteiger partial charge in [0, 0.05) is 17.7 Å². The van der Waals surface area contributed by atoms with Gasteiger partial charge in [-0.25, -0.2) is 14.4 Å². The fourth-order valence-electron chi connectivity index (χ4n) is 4.48. The minimum Gasteiger partial charge on any atom is -0.506 e. The Labute approximate surface area is 450 Å². The minimum absolute atomic E-state index is 0. The number of benzene rings is 4. The second kappa shape index (κ2) is 29.5. The zero-order valence-electron chi connectivity index (χ0n) is 34.5. The Balaban J connectivity index is 0.000000517. The number of ether oxygens (including phenoxy) is 3. The molecule has 6 aromatic rings. The summed E-state index contributed by atoms with van der Waals surface area (Å²) in [6.07, 6.45) is -4.80. The van der Waals surface area contributed by atoms with Crippen molar-refractivity contribution in [3.63, 3.8) is 0 Å². The van der Waals surface area contributed by atoms with Crippen molar-refractivity contribution >= 4 is 125 Å². The number of aromatic nitrogens is 4. The number of carboxylic acids is 1. The van der Waals surface area contributed by atoms with Crippen LogP contribution < -0.4 is 15.8 Å². The Morgan fingerprint density at radius 1 is 0.718 bits per heavy atom. The number of carbonyl (C=O) groups excluding carboxylic acids is 3. The third-order valence-electron chi connectivity index (χ3n) is 7.48. The predicted molar refractivity (Wildman–Crippen MR) is 268 cm³/mol. The lowest BCUT2D eigenvalue weighted by molar-refractivity contribution is -0.274. The zero-order valence-corrected chi connectivity index (χ0v) is 44.0. The molecule has 2 aromatic heterocycles. The van der Waals surface area contributed by atoms with E-state index in [-0.39, 0.29) is 80.9 Å². The van der Waals surface area contributed by atoms with Crippen LogP contribution in [-0.2, 0) is 20.8 Å². The van der Waals surface area contributed by atoms with Gasteiger partial charge in [-0.15, -0.1) is 13.2 Å². The highest BCUT2D eigenvalue weighted by Crippen LogP contribution is 2.38. The van der Waals surface area contributed by atoms with E-state index in [2.05, 4.69) is 136 Å². The van der Waals surface area contributed by atoms with Gasteiger partial charge in [0.25, 0.3) is 29.3 Å². The minimum atomic E-state index is -4.80. The van der Waals surface area contributed by atoms with Gasteiger partial charge in [0.05, 0.1) is 45.6 Å². The second-order valence-corrected chi connectivity index (χ2v) is 17.4. The fourth-order valence-corrected chi connectivity index (χ4v) is 8.04. The summed E-state index contributed by atoms with van der Waals surface area (Å²) in [5.74, 6) is -4.24. The van der Waals surface area contributed by atoms with Crippen molar-refractivity contribution in [1.29, 1.82) is 0 Å². The summed E-state index contributed by atoms with van der Waals surface area (Å²) in [6, 6.07) is 14.1.